The monoisotopic (exact) mass is 393 g/mol. The van der Waals surface area contributed by atoms with Gasteiger partial charge in [-0.3, -0.25) is 4.79 Å². The van der Waals surface area contributed by atoms with Crippen LogP contribution in [0.15, 0.2) is 29.2 Å². The van der Waals surface area contributed by atoms with Gasteiger partial charge >= 0.3 is 0 Å². The summed E-state index contributed by atoms with van der Waals surface area (Å²) in [6.45, 7) is 1.87. The number of sulfonamides is 1. The Bertz CT molecular complexity index is 762. The maximum absolute atomic E-state index is 12.8. The van der Waals surface area contributed by atoms with E-state index in [-0.39, 0.29) is 28.8 Å². The number of hydrogen-bond donors (Lipinski definition) is 2. The van der Waals surface area contributed by atoms with Crippen LogP contribution >= 0.6 is 0 Å². The molecule has 3 unspecified atom stereocenters. The minimum Gasteiger partial charge on any atom is -0.352 e. The topological polar surface area (TPSA) is 92.5 Å². The lowest BCUT2D eigenvalue weighted by Crippen LogP contribution is -2.54. The lowest BCUT2D eigenvalue weighted by atomic mass is 9.67. The molecule has 27 heavy (non-hydrogen) atoms. The zero-order valence-electron chi connectivity index (χ0n) is 16.4. The molecule has 0 aliphatic heterocycles. The summed E-state index contributed by atoms with van der Waals surface area (Å²) in [5.74, 6) is 0.653. The van der Waals surface area contributed by atoms with Crippen molar-refractivity contribution in [3.8, 4) is 0 Å². The van der Waals surface area contributed by atoms with Crippen LogP contribution in [0.4, 0.5) is 0 Å². The van der Waals surface area contributed by atoms with Gasteiger partial charge in [0.05, 0.1) is 10.8 Å². The van der Waals surface area contributed by atoms with E-state index in [1.165, 1.54) is 24.8 Å². The maximum Gasteiger partial charge on any atom is 0.242 e. The van der Waals surface area contributed by atoms with Crippen LogP contribution in [0, 0.1) is 11.8 Å². The van der Waals surface area contributed by atoms with Gasteiger partial charge in [-0.15, -0.1) is 0 Å². The van der Waals surface area contributed by atoms with Crippen molar-refractivity contribution >= 4 is 15.9 Å². The van der Waals surface area contributed by atoms with Gasteiger partial charge in [0, 0.05) is 26.2 Å². The Morgan fingerprint density at radius 2 is 1.70 bits per heavy atom. The number of nitrogens with two attached hydrogens (primary N) is 1. The van der Waals surface area contributed by atoms with Gasteiger partial charge in [0.2, 0.25) is 15.9 Å². The number of carbonyl (C=O) groups excluding carboxylic acids is 1. The Morgan fingerprint density at radius 3 is 2.22 bits per heavy atom. The van der Waals surface area contributed by atoms with Crippen LogP contribution in [-0.2, 0) is 14.8 Å². The normalized spacial score (nSPS) is 29.4. The molecule has 2 aliphatic rings. The second-order valence-electron chi connectivity index (χ2n) is 8.30. The molecule has 2 aliphatic carbocycles. The van der Waals surface area contributed by atoms with E-state index >= 15 is 0 Å². The molecule has 0 aromatic heterocycles. The van der Waals surface area contributed by atoms with Crippen molar-refractivity contribution in [3.63, 3.8) is 0 Å². The van der Waals surface area contributed by atoms with E-state index in [0.29, 0.717) is 11.8 Å². The first-order chi connectivity index (χ1) is 12.7. The van der Waals surface area contributed by atoms with Crippen LogP contribution in [-0.4, -0.2) is 44.8 Å². The molecule has 2 fully saturated rings. The summed E-state index contributed by atoms with van der Waals surface area (Å²) in [5, 5.41) is 3.28. The van der Waals surface area contributed by atoms with Crippen molar-refractivity contribution in [1.82, 2.24) is 9.62 Å². The first-order valence-corrected chi connectivity index (χ1v) is 11.2. The van der Waals surface area contributed by atoms with Gasteiger partial charge in [-0.1, -0.05) is 18.6 Å². The number of rotatable bonds is 5. The smallest absolute Gasteiger partial charge is 0.242 e. The minimum atomic E-state index is -3.46. The van der Waals surface area contributed by atoms with E-state index in [4.69, 9.17) is 5.73 Å². The second kappa shape index (κ2) is 7.89. The lowest BCUT2D eigenvalue weighted by Gasteiger charge is -2.45. The van der Waals surface area contributed by atoms with E-state index in [9.17, 15) is 13.2 Å². The second-order valence-corrected chi connectivity index (χ2v) is 10.4. The highest BCUT2D eigenvalue weighted by atomic mass is 32.2. The molecule has 0 spiro atoms. The summed E-state index contributed by atoms with van der Waals surface area (Å²) in [7, 11) is -0.445. The highest BCUT2D eigenvalue weighted by molar-refractivity contribution is 7.89. The molecule has 150 valence electrons. The summed E-state index contributed by atoms with van der Waals surface area (Å²) in [5.41, 5.74) is 7.00. The molecular weight excluding hydrogens is 362 g/mol. The standard InChI is InChI=1S/C20H31N3O3S/c1-13(14-7-9-18(10-8-14)27(25,26)23(2)3)20(24)22-19-15-5-4-6-16(19)12-17(21)11-15/h7-10,13,15-17,19H,4-6,11-12,21H2,1-3H3,(H,22,24). The van der Waals surface area contributed by atoms with Crippen LogP contribution in [0.1, 0.15) is 50.5 Å². The molecule has 2 saturated carbocycles. The van der Waals surface area contributed by atoms with E-state index in [1.54, 1.807) is 24.3 Å². The van der Waals surface area contributed by atoms with Crippen LogP contribution in [0.3, 0.4) is 0 Å². The third-order valence-corrected chi connectivity index (χ3v) is 8.07. The van der Waals surface area contributed by atoms with Crippen molar-refractivity contribution < 1.29 is 13.2 Å². The summed E-state index contributed by atoms with van der Waals surface area (Å²) in [6.07, 6.45) is 5.49. The average Bonchev–Trinajstić information content (AvgIpc) is 2.61. The molecule has 3 rings (SSSR count). The molecule has 6 nitrogen and oxygen atoms in total. The molecule has 2 bridgehead atoms. The average molecular weight is 394 g/mol. The minimum absolute atomic E-state index is 0.00980. The lowest BCUT2D eigenvalue weighted by molar-refractivity contribution is -0.124. The summed E-state index contributed by atoms with van der Waals surface area (Å²) < 4.78 is 25.6. The number of nitrogens with one attached hydrogen (secondary N) is 1. The number of carbonyl (C=O) groups is 1. The quantitative estimate of drug-likeness (QED) is 0.801. The Kier molecular flexibility index (Phi) is 5.93. The Labute approximate surface area is 162 Å². The van der Waals surface area contributed by atoms with Gasteiger partial charge < -0.3 is 11.1 Å². The van der Waals surface area contributed by atoms with Gasteiger partial charge in [-0.25, -0.2) is 12.7 Å². The Hall–Kier alpha value is -1.44. The van der Waals surface area contributed by atoms with Crippen molar-refractivity contribution in [2.24, 2.45) is 17.6 Å². The fourth-order valence-corrected chi connectivity index (χ4v) is 5.51. The van der Waals surface area contributed by atoms with Crippen molar-refractivity contribution in [2.75, 3.05) is 14.1 Å². The third kappa shape index (κ3) is 4.20. The zero-order chi connectivity index (χ0) is 19.8. The first-order valence-electron chi connectivity index (χ1n) is 9.78. The summed E-state index contributed by atoms with van der Waals surface area (Å²) in [4.78, 5) is 13.1. The number of hydrogen-bond acceptors (Lipinski definition) is 4. The number of nitrogens with zero attached hydrogens (tertiary/aromatic N) is 1. The Balaban J connectivity index is 1.69. The molecule has 0 radical (unpaired) electrons. The third-order valence-electron chi connectivity index (χ3n) is 6.24. The largest absolute Gasteiger partial charge is 0.352 e. The SMILES string of the molecule is CC(C(=O)NC1C2CCCC1CC(N)C2)c1ccc(S(=O)(=O)N(C)C)cc1. The Morgan fingerprint density at radius 1 is 1.15 bits per heavy atom. The highest BCUT2D eigenvalue weighted by Gasteiger charge is 2.40. The summed E-state index contributed by atoms with van der Waals surface area (Å²) >= 11 is 0. The first kappa shape index (κ1) is 20.3. The molecular formula is C20H31N3O3S. The molecule has 1 aromatic carbocycles. The van der Waals surface area contributed by atoms with E-state index in [2.05, 4.69) is 5.32 Å². The van der Waals surface area contributed by atoms with Crippen LogP contribution < -0.4 is 11.1 Å². The van der Waals surface area contributed by atoms with Crippen molar-refractivity contribution in [3.05, 3.63) is 29.8 Å². The molecule has 0 heterocycles. The highest BCUT2D eigenvalue weighted by Crippen LogP contribution is 2.40. The van der Waals surface area contributed by atoms with Crippen LogP contribution in [0.2, 0.25) is 0 Å². The van der Waals surface area contributed by atoms with Gasteiger partial charge in [0.15, 0.2) is 0 Å². The molecule has 7 heteroatoms. The van der Waals surface area contributed by atoms with Gasteiger partial charge in [0.25, 0.3) is 0 Å². The zero-order valence-corrected chi connectivity index (χ0v) is 17.2. The molecule has 1 aromatic rings. The van der Waals surface area contributed by atoms with E-state index < -0.39 is 10.0 Å². The van der Waals surface area contributed by atoms with Crippen molar-refractivity contribution in [1.29, 1.82) is 0 Å². The predicted octanol–water partition coefficient (Wildman–Crippen LogP) is 2.06. The molecule has 3 N–H and O–H groups in total. The van der Waals surface area contributed by atoms with E-state index in [0.717, 1.165) is 31.2 Å². The number of benzene rings is 1. The predicted molar refractivity (Wildman–Crippen MR) is 106 cm³/mol. The van der Waals surface area contributed by atoms with Gasteiger partial charge in [0.1, 0.15) is 0 Å². The van der Waals surface area contributed by atoms with Crippen molar-refractivity contribution in [2.45, 2.75) is 61.9 Å². The number of amides is 1. The van der Waals surface area contributed by atoms with Gasteiger partial charge in [-0.2, -0.15) is 0 Å². The molecule has 1 amide bonds. The fourth-order valence-electron chi connectivity index (χ4n) is 4.60. The van der Waals surface area contributed by atoms with Gasteiger partial charge in [-0.05, 0) is 62.1 Å². The van der Waals surface area contributed by atoms with Crippen LogP contribution in [0.25, 0.3) is 0 Å². The number of fused-ring (bicyclic) bond motifs is 2. The molecule has 3 atom stereocenters. The van der Waals surface area contributed by atoms with E-state index in [1.807, 2.05) is 6.92 Å². The fraction of sp³-hybridized carbons (Fsp3) is 0.650. The molecule has 0 saturated heterocycles. The maximum atomic E-state index is 12.8. The van der Waals surface area contributed by atoms with Crippen LogP contribution in [0.5, 0.6) is 0 Å². The summed E-state index contributed by atoms with van der Waals surface area (Å²) in [6, 6.07) is 7.10.